The third kappa shape index (κ3) is 4.89. The number of carboxylic acid groups (broad SMARTS) is 1. The highest BCUT2D eigenvalue weighted by molar-refractivity contribution is 6.31. The van der Waals surface area contributed by atoms with Crippen molar-refractivity contribution in [2.75, 3.05) is 6.61 Å². The van der Waals surface area contributed by atoms with Gasteiger partial charge in [0.05, 0.1) is 0 Å². The van der Waals surface area contributed by atoms with Crippen LogP contribution in [0, 0.1) is 0 Å². The van der Waals surface area contributed by atoms with Crippen LogP contribution in [0.4, 0.5) is 0 Å². The zero-order chi connectivity index (χ0) is 18.6. The summed E-state index contributed by atoms with van der Waals surface area (Å²) in [5.74, 6) is -0.0315. The van der Waals surface area contributed by atoms with E-state index in [0.29, 0.717) is 22.9 Å². The Labute approximate surface area is 153 Å². The second-order valence-corrected chi connectivity index (χ2v) is 6.71. The zero-order valence-corrected chi connectivity index (χ0v) is 15.4. The van der Waals surface area contributed by atoms with E-state index in [1.54, 1.807) is 12.1 Å². The van der Waals surface area contributed by atoms with Crippen LogP contribution in [0.5, 0.6) is 11.5 Å². The van der Waals surface area contributed by atoms with Gasteiger partial charge in [-0.25, -0.2) is 4.79 Å². The Hall–Kier alpha value is -2.20. The molecule has 0 radical (unpaired) electrons. The number of rotatable bonds is 7. The monoisotopic (exact) mass is 362 g/mol. The summed E-state index contributed by atoms with van der Waals surface area (Å²) in [6, 6.07) is 9.11. The smallest absolute Gasteiger partial charge is 0.341 e. The second kappa shape index (κ2) is 8.26. The van der Waals surface area contributed by atoms with Gasteiger partial charge in [-0.05, 0) is 59.2 Å². The quantitative estimate of drug-likeness (QED) is 0.743. The van der Waals surface area contributed by atoms with E-state index in [4.69, 9.17) is 21.4 Å². The molecule has 0 aliphatic rings. The van der Waals surface area contributed by atoms with Crippen molar-refractivity contribution in [1.82, 2.24) is 0 Å². The SMILES string of the molecule is CCc1cc(OCC(=O)O)cc(Cl)c1Cc1ccc(O)c(C(C)C)c1. The molecule has 0 heterocycles. The Morgan fingerprint density at radius 2 is 1.96 bits per heavy atom. The molecule has 25 heavy (non-hydrogen) atoms. The number of ether oxygens (including phenoxy) is 1. The molecule has 4 nitrogen and oxygen atoms in total. The Morgan fingerprint density at radius 1 is 1.24 bits per heavy atom. The molecule has 5 heteroatoms. The third-order valence-electron chi connectivity index (χ3n) is 4.10. The Balaban J connectivity index is 2.33. The van der Waals surface area contributed by atoms with Crippen LogP contribution in [0.1, 0.15) is 48.9 Å². The number of phenols is 1. The molecule has 2 aromatic carbocycles. The lowest BCUT2D eigenvalue weighted by atomic mass is 9.94. The highest BCUT2D eigenvalue weighted by atomic mass is 35.5. The van der Waals surface area contributed by atoms with Crippen LogP contribution < -0.4 is 4.74 Å². The van der Waals surface area contributed by atoms with Gasteiger partial charge in [0.25, 0.3) is 0 Å². The lowest BCUT2D eigenvalue weighted by Gasteiger charge is -2.15. The minimum Gasteiger partial charge on any atom is -0.508 e. The maximum Gasteiger partial charge on any atom is 0.341 e. The van der Waals surface area contributed by atoms with Crippen LogP contribution >= 0.6 is 11.6 Å². The van der Waals surface area contributed by atoms with Crippen molar-refractivity contribution in [3.8, 4) is 11.5 Å². The molecule has 0 fully saturated rings. The molecule has 0 aliphatic carbocycles. The first-order valence-electron chi connectivity index (χ1n) is 8.29. The zero-order valence-electron chi connectivity index (χ0n) is 14.7. The van der Waals surface area contributed by atoms with E-state index in [0.717, 1.165) is 28.7 Å². The number of carbonyl (C=O) groups is 1. The van der Waals surface area contributed by atoms with Gasteiger partial charge in [0.1, 0.15) is 11.5 Å². The summed E-state index contributed by atoms with van der Waals surface area (Å²) in [5, 5.41) is 19.3. The maximum atomic E-state index is 10.7. The van der Waals surface area contributed by atoms with E-state index >= 15 is 0 Å². The second-order valence-electron chi connectivity index (χ2n) is 6.30. The van der Waals surface area contributed by atoms with Gasteiger partial charge in [0, 0.05) is 5.02 Å². The molecule has 0 aromatic heterocycles. The molecule has 0 saturated carbocycles. The predicted molar refractivity (Wildman–Crippen MR) is 99.0 cm³/mol. The normalized spacial score (nSPS) is 10.9. The van der Waals surface area contributed by atoms with Gasteiger partial charge in [-0.1, -0.05) is 44.5 Å². The van der Waals surface area contributed by atoms with E-state index < -0.39 is 12.6 Å². The van der Waals surface area contributed by atoms with Gasteiger partial charge < -0.3 is 14.9 Å². The lowest BCUT2D eigenvalue weighted by Crippen LogP contribution is -2.10. The fraction of sp³-hybridized carbons (Fsp3) is 0.350. The van der Waals surface area contributed by atoms with Gasteiger partial charge in [-0.15, -0.1) is 0 Å². The number of benzene rings is 2. The summed E-state index contributed by atoms with van der Waals surface area (Å²) in [6.45, 7) is 5.71. The van der Waals surface area contributed by atoms with Crippen LogP contribution in [0.2, 0.25) is 5.02 Å². The lowest BCUT2D eigenvalue weighted by molar-refractivity contribution is -0.139. The summed E-state index contributed by atoms with van der Waals surface area (Å²) in [6.07, 6.45) is 1.40. The number of aliphatic carboxylic acids is 1. The average Bonchev–Trinajstić information content (AvgIpc) is 2.56. The summed E-state index contributed by atoms with van der Waals surface area (Å²) in [5.41, 5.74) is 3.99. The van der Waals surface area contributed by atoms with Crippen LogP contribution in [-0.2, 0) is 17.6 Å². The summed E-state index contributed by atoms with van der Waals surface area (Å²) < 4.78 is 5.25. The van der Waals surface area contributed by atoms with E-state index in [2.05, 4.69) is 0 Å². The van der Waals surface area contributed by atoms with E-state index in [1.165, 1.54) is 0 Å². The number of phenolic OH excluding ortho intramolecular Hbond substituents is 1. The van der Waals surface area contributed by atoms with E-state index in [1.807, 2.05) is 39.0 Å². The van der Waals surface area contributed by atoms with Crippen molar-refractivity contribution in [1.29, 1.82) is 0 Å². The van der Waals surface area contributed by atoms with Gasteiger partial charge >= 0.3 is 5.97 Å². The number of aryl methyl sites for hydroxylation is 1. The first kappa shape index (κ1) is 19.1. The molecule has 2 N–H and O–H groups in total. The Bertz CT molecular complexity index is 769. The highest BCUT2D eigenvalue weighted by Gasteiger charge is 2.13. The molecular formula is C20H23ClO4. The van der Waals surface area contributed by atoms with Gasteiger partial charge in [-0.3, -0.25) is 0 Å². The van der Waals surface area contributed by atoms with E-state index in [9.17, 15) is 9.90 Å². The summed E-state index contributed by atoms with van der Waals surface area (Å²) in [7, 11) is 0. The van der Waals surface area contributed by atoms with Crippen LogP contribution in [-0.4, -0.2) is 22.8 Å². The number of carboxylic acids is 1. The first-order valence-corrected chi connectivity index (χ1v) is 8.67. The van der Waals surface area contributed by atoms with Crippen molar-refractivity contribution >= 4 is 17.6 Å². The minimum atomic E-state index is -1.02. The topological polar surface area (TPSA) is 66.8 Å². The van der Waals surface area contributed by atoms with Crippen molar-refractivity contribution in [2.45, 2.75) is 39.5 Å². The molecule has 134 valence electrons. The summed E-state index contributed by atoms with van der Waals surface area (Å²) in [4.78, 5) is 10.7. The fourth-order valence-corrected chi connectivity index (χ4v) is 3.08. The summed E-state index contributed by atoms with van der Waals surface area (Å²) >= 11 is 6.44. The molecule has 0 amide bonds. The van der Waals surface area contributed by atoms with Crippen molar-refractivity contribution in [3.05, 3.63) is 57.6 Å². The minimum absolute atomic E-state index is 0.230. The van der Waals surface area contributed by atoms with Crippen LogP contribution in [0.3, 0.4) is 0 Å². The van der Waals surface area contributed by atoms with Gasteiger partial charge in [0.2, 0.25) is 0 Å². The first-order chi connectivity index (χ1) is 11.8. The number of hydrogen-bond donors (Lipinski definition) is 2. The van der Waals surface area contributed by atoms with Crippen LogP contribution in [0.25, 0.3) is 0 Å². The van der Waals surface area contributed by atoms with Gasteiger partial charge in [-0.2, -0.15) is 0 Å². The largest absolute Gasteiger partial charge is 0.508 e. The third-order valence-corrected chi connectivity index (χ3v) is 4.44. The molecule has 0 saturated heterocycles. The number of aromatic hydroxyl groups is 1. The average molecular weight is 363 g/mol. The van der Waals surface area contributed by atoms with Crippen molar-refractivity contribution < 1.29 is 19.7 Å². The molecule has 0 spiro atoms. The van der Waals surface area contributed by atoms with E-state index in [-0.39, 0.29) is 5.92 Å². The molecule has 0 unspecified atom stereocenters. The van der Waals surface area contributed by atoms with Gasteiger partial charge in [0.15, 0.2) is 6.61 Å². The fourth-order valence-electron chi connectivity index (χ4n) is 2.79. The molecule has 2 rings (SSSR count). The maximum absolute atomic E-state index is 10.7. The van der Waals surface area contributed by atoms with Crippen molar-refractivity contribution in [2.24, 2.45) is 0 Å². The Kier molecular flexibility index (Phi) is 6.32. The standard InChI is InChI=1S/C20H23ClO4/c1-4-14-9-15(25-11-20(23)24)10-18(21)17(14)8-13-5-6-19(22)16(7-13)12(2)3/h5-7,9-10,12,22H,4,8,11H2,1-3H3,(H,23,24). The molecule has 0 bridgehead atoms. The Morgan fingerprint density at radius 3 is 2.56 bits per heavy atom. The molecular weight excluding hydrogens is 340 g/mol. The predicted octanol–water partition coefficient (Wildman–Crippen LogP) is 4.79. The molecule has 0 atom stereocenters. The molecule has 2 aromatic rings. The molecule has 0 aliphatic heterocycles. The highest BCUT2D eigenvalue weighted by Crippen LogP contribution is 2.32. The van der Waals surface area contributed by atoms with Crippen LogP contribution in [0.15, 0.2) is 30.3 Å². The number of halogens is 1. The van der Waals surface area contributed by atoms with Crippen molar-refractivity contribution in [3.63, 3.8) is 0 Å². The number of hydrogen-bond acceptors (Lipinski definition) is 3.